The van der Waals surface area contributed by atoms with Crippen LogP contribution in [0.2, 0.25) is 0 Å². The lowest BCUT2D eigenvalue weighted by molar-refractivity contribution is 0.305. The quantitative estimate of drug-likeness (QED) is 0.837. The second-order valence-corrected chi connectivity index (χ2v) is 4.53. The first-order chi connectivity index (χ1) is 7.83. The van der Waals surface area contributed by atoms with E-state index in [0.29, 0.717) is 12.0 Å². The fourth-order valence-corrected chi connectivity index (χ4v) is 2.64. The summed E-state index contributed by atoms with van der Waals surface area (Å²) in [7, 11) is 2.11. The summed E-state index contributed by atoms with van der Waals surface area (Å²) in [6.07, 6.45) is 8.48. The molecule has 0 radical (unpaired) electrons. The van der Waals surface area contributed by atoms with Crippen molar-refractivity contribution in [3.63, 3.8) is 0 Å². The summed E-state index contributed by atoms with van der Waals surface area (Å²) in [5, 5.41) is 0. The molecule has 2 atom stereocenters. The Hall–Kier alpha value is -1.16. The second kappa shape index (κ2) is 5.25. The predicted octanol–water partition coefficient (Wildman–Crippen LogP) is 1.43. The Balaban J connectivity index is 2.10. The summed E-state index contributed by atoms with van der Waals surface area (Å²) in [6.45, 7) is 0.778. The van der Waals surface area contributed by atoms with E-state index in [4.69, 9.17) is 5.73 Å². The summed E-state index contributed by atoms with van der Waals surface area (Å²) in [4.78, 5) is 10.5. The van der Waals surface area contributed by atoms with E-state index >= 15 is 0 Å². The highest BCUT2D eigenvalue weighted by Gasteiger charge is 2.27. The molecule has 1 saturated carbocycles. The minimum absolute atomic E-state index is 0.536. The van der Waals surface area contributed by atoms with Crippen LogP contribution in [-0.4, -0.2) is 29.6 Å². The number of aromatic nitrogens is 2. The van der Waals surface area contributed by atoms with Crippen molar-refractivity contribution in [3.8, 4) is 0 Å². The van der Waals surface area contributed by atoms with Gasteiger partial charge in [-0.05, 0) is 31.4 Å². The van der Waals surface area contributed by atoms with E-state index in [1.807, 2.05) is 6.07 Å². The van der Waals surface area contributed by atoms with E-state index in [0.717, 1.165) is 12.4 Å². The average molecular weight is 220 g/mol. The maximum absolute atomic E-state index is 5.85. The van der Waals surface area contributed by atoms with Crippen LogP contribution in [0.5, 0.6) is 0 Å². The smallest absolute Gasteiger partial charge is 0.131 e. The maximum atomic E-state index is 5.85. The van der Waals surface area contributed by atoms with E-state index < -0.39 is 0 Å². The van der Waals surface area contributed by atoms with Gasteiger partial charge in [0, 0.05) is 19.3 Å². The molecule has 0 bridgehead atoms. The Morgan fingerprint density at radius 3 is 2.94 bits per heavy atom. The van der Waals surface area contributed by atoms with E-state index in [9.17, 15) is 0 Å². The molecule has 2 unspecified atom stereocenters. The molecule has 1 aliphatic carbocycles. The zero-order valence-electron chi connectivity index (χ0n) is 9.84. The van der Waals surface area contributed by atoms with Gasteiger partial charge in [0.2, 0.25) is 0 Å². The number of nitrogens with zero attached hydrogens (tertiary/aromatic N) is 3. The molecule has 0 aliphatic heterocycles. The molecule has 1 aliphatic rings. The van der Waals surface area contributed by atoms with Gasteiger partial charge in [0.05, 0.1) is 0 Å². The van der Waals surface area contributed by atoms with E-state index in [1.54, 1.807) is 12.5 Å². The first kappa shape index (κ1) is 11.3. The zero-order chi connectivity index (χ0) is 11.4. The lowest BCUT2D eigenvalue weighted by atomic mass is 9.84. The van der Waals surface area contributed by atoms with Crippen molar-refractivity contribution < 1.29 is 0 Å². The largest absolute Gasteiger partial charge is 0.356 e. The van der Waals surface area contributed by atoms with Crippen molar-refractivity contribution in [2.24, 2.45) is 11.7 Å². The van der Waals surface area contributed by atoms with Gasteiger partial charge in [-0.25, -0.2) is 9.97 Å². The van der Waals surface area contributed by atoms with Gasteiger partial charge in [0.1, 0.15) is 12.1 Å². The first-order valence-electron chi connectivity index (χ1n) is 6.02. The van der Waals surface area contributed by atoms with Crippen molar-refractivity contribution in [2.45, 2.75) is 31.7 Å². The molecular formula is C12H20N4. The van der Waals surface area contributed by atoms with Crippen molar-refractivity contribution in [1.29, 1.82) is 0 Å². The molecule has 1 aromatic rings. The Morgan fingerprint density at radius 1 is 1.44 bits per heavy atom. The van der Waals surface area contributed by atoms with Gasteiger partial charge in [0.15, 0.2) is 0 Å². The van der Waals surface area contributed by atoms with Crippen molar-refractivity contribution in [1.82, 2.24) is 9.97 Å². The third kappa shape index (κ3) is 2.32. The molecule has 4 heteroatoms. The summed E-state index contributed by atoms with van der Waals surface area (Å²) >= 11 is 0. The highest BCUT2D eigenvalue weighted by molar-refractivity contribution is 5.37. The highest BCUT2D eigenvalue weighted by Crippen LogP contribution is 2.29. The van der Waals surface area contributed by atoms with E-state index in [2.05, 4.69) is 21.9 Å². The lowest BCUT2D eigenvalue weighted by Crippen LogP contribution is -2.43. The number of nitrogens with two attached hydrogens (primary N) is 1. The third-order valence-corrected chi connectivity index (χ3v) is 3.60. The van der Waals surface area contributed by atoms with Crippen molar-refractivity contribution in [2.75, 3.05) is 18.5 Å². The van der Waals surface area contributed by atoms with Gasteiger partial charge in [-0.15, -0.1) is 0 Å². The van der Waals surface area contributed by atoms with Crippen molar-refractivity contribution >= 4 is 5.82 Å². The third-order valence-electron chi connectivity index (χ3n) is 3.60. The minimum Gasteiger partial charge on any atom is -0.356 e. The van der Waals surface area contributed by atoms with E-state index in [-0.39, 0.29) is 0 Å². The van der Waals surface area contributed by atoms with Gasteiger partial charge in [-0.3, -0.25) is 0 Å². The molecule has 16 heavy (non-hydrogen) atoms. The predicted molar refractivity (Wildman–Crippen MR) is 65.2 cm³/mol. The van der Waals surface area contributed by atoms with Crippen LogP contribution in [0.15, 0.2) is 18.6 Å². The standard InChI is InChI=1S/C12H20N4/c1-16(12-6-7-14-9-15-12)11-5-3-2-4-10(11)8-13/h6-7,9-11H,2-5,8,13H2,1H3. The Labute approximate surface area is 96.9 Å². The maximum Gasteiger partial charge on any atom is 0.131 e. The number of hydrogen-bond acceptors (Lipinski definition) is 4. The first-order valence-corrected chi connectivity index (χ1v) is 6.02. The van der Waals surface area contributed by atoms with Gasteiger partial charge >= 0.3 is 0 Å². The average Bonchev–Trinajstić information content (AvgIpc) is 2.39. The van der Waals surface area contributed by atoms with Gasteiger partial charge < -0.3 is 10.6 Å². The molecule has 88 valence electrons. The number of rotatable bonds is 3. The van der Waals surface area contributed by atoms with Gasteiger partial charge in [0.25, 0.3) is 0 Å². The molecule has 4 nitrogen and oxygen atoms in total. The normalized spacial score (nSPS) is 25.4. The topological polar surface area (TPSA) is 55.0 Å². The fraction of sp³-hybridized carbons (Fsp3) is 0.667. The SMILES string of the molecule is CN(c1ccncn1)C1CCCCC1CN. The molecule has 0 amide bonds. The highest BCUT2D eigenvalue weighted by atomic mass is 15.2. The zero-order valence-corrected chi connectivity index (χ0v) is 9.84. The van der Waals surface area contributed by atoms with Gasteiger partial charge in [-0.2, -0.15) is 0 Å². The van der Waals surface area contributed by atoms with Crippen LogP contribution in [0.4, 0.5) is 5.82 Å². The van der Waals surface area contributed by atoms with Crippen LogP contribution in [0.25, 0.3) is 0 Å². The van der Waals surface area contributed by atoms with Crippen LogP contribution in [-0.2, 0) is 0 Å². The van der Waals surface area contributed by atoms with E-state index in [1.165, 1.54) is 25.7 Å². The molecule has 0 aromatic carbocycles. The molecule has 2 N–H and O–H groups in total. The van der Waals surface area contributed by atoms with Gasteiger partial charge in [-0.1, -0.05) is 12.8 Å². The molecule has 2 rings (SSSR count). The fourth-order valence-electron chi connectivity index (χ4n) is 2.64. The lowest BCUT2D eigenvalue weighted by Gasteiger charge is -2.38. The number of anilines is 1. The van der Waals surface area contributed by atoms with Crippen LogP contribution in [0, 0.1) is 5.92 Å². The molecule has 0 saturated heterocycles. The summed E-state index contributed by atoms with van der Waals surface area (Å²) in [5.41, 5.74) is 5.85. The summed E-state index contributed by atoms with van der Waals surface area (Å²) < 4.78 is 0. The van der Waals surface area contributed by atoms with Crippen molar-refractivity contribution in [3.05, 3.63) is 18.6 Å². The Morgan fingerprint density at radius 2 is 2.25 bits per heavy atom. The Kier molecular flexibility index (Phi) is 3.72. The van der Waals surface area contributed by atoms with Crippen LogP contribution >= 0.6 is 0 Å². The summed E-state index contributed by atoms with van der Waals surface area (Å²) in [6, 6.07) is 2.50. The number of hydrogen-bond donors (Lipinski definition) is 1. The van der Waals surface area contributed by atoms with Crippen LogP contribution in [0.1, 0.15) is 25.7 Å². The monoisotopic (exact) mass is 220 g/mol. The van der Waals surface area contributed by atoms with Crippen LogP contribution in [0.3, 0.4) is 0 Å². The minimum atomic E-state index is 0.536. The molecule has 1 aromatic heterocycles. The Bertz CT molecular complexity index is 314. The summed E-state index contributed by atoms with van der Waals surface area (Å²) in [5.74, 6) is 1.61. The molecule has 0 spiro atoms. The molecular weight excluding hydrogens is 200 g/mol. The molecule has 1 fully saturated rings. The molecule has 1 heterocycles. The van der Waals surface area contributed by atoms with Crippen LogP contribution < -0.4 is 10.6 Å². The second-order valence-electron chi connectivity index (χ2n) is 4.53.